The van der Waals surface area contributed by atoms with Gasteiger partial charge in [0.25, 0.3) is 12.0 Å². The van der Waals surface area contributed by atoms with Crippen molar-refractivity contribution in [2.24, 2.45) is 0 Å². The Morgan fingerprint density at radius 2 is 1.94 bits per heavy atom. The Morgan fingerprint density at radius 1 is 1.25 bits per heavy atom. The predicted octanol–water partition coefficient (Wildman–Crippen LogP) is 1.41. The molecule has 0 aliphatic heterocycles. The molecule has 0 spiro atoms. The van der Waals surface area contributed by atoms with Crippen molar-refractivity contribution in [1.82, 2.24) is 19.2 Å². The second kappa shape index (κ2) is 3.66. The molecule has 0 radical (unpaired) electrons. The van der Waals surface area contributed by atoms with Crippen LogP contribution in [0.1, 0.15) is 32.1 Å². The molecule has 0 bridgehead atoms. The Balaban J connectivity index is 2.74. The zero-order chi connectivity index (χ0) is 11.9. The lowest BCUT2D eigenvalue weighted by atomic mass is 10.4. The van der Waals surface area contributed by atoms with Gasteiger partial charge < -0.3 is 4.57 Å². The monoisotopic (exact) mass is 228 g/mol. The summed E-state index contributed by atoms with van der Waals surface area (Å²) in [6, 6.07) is -0.0517. The van der Waals surface area contributed by atoms with Crippen molar-refractivity contribution in [1.29, 1.82) is 0 Å². The number of aromatic nitrogens is 4. The van der Waals surface area contributed by atoms with E-state index < -0.39 is 17.8 Å². The molecule has 0 fully saturated rings. The molecule has 0 saturated carbocycles. The van der Waals surface area contributed by atoms with Gasteiger partial charge in [-0.15, -0.1) is 10.2 Å². The summed E-state index contributed by atoms with van der Waals surface area (Å²) < 4.78 is 27.4. The summed E-state index contributed by atoms with van der Waals surface area (Å²) in [5.74, 6) is -0.511. The van der Waals surface area contributed by atoms with Crippen LogP contribution >= 0.6 is 0 Å². The standard InChI is InChI=1S/C9H10F2N4O/c1-5(2)14-3-4-15-7(6(10)11)12-13-8(15)9(14)16/h3-6H,1-2H3. The molecule has 2 aromatic heterocycles. The summed E-state index contributed by atoms with van der Waals surface area (Å²) in [7, 11) is 0. The Kier molecular flexibility index (Phi) is 2.45. The highest BCUT2D eigenvalue weighted by molar-refractivity contribution is 5.35. The van der Waals surface area contributed by atoms with Crippen LogP contribution in [0.2, 0.25) is 0 Å². The van der Waals surface area contributed by atoms with Crippen molar-refractivity contribution in [3.8, 4) is 0 Å². The number of halogens is 2. The van der Waals surface area contributed by atoms with Gasteiger partial charge in [0.2, 0.25) is 11.5 Å². The Morgan fingerprint density at radius 3 is 2.50 bits per heavy atom. The van der Waals surface area contributed by atoms with E-state index in [9.17, 15) is 13.6 Å². The molecule has 2 heterocycles. The minimum atomic E-state index is -2.75. The Hall–Kier alpha value is -1.79. The van der Waals surface area contributed by atoms with Gasteiger partial charge in [-0.2, -0.15) is 0 Å². The summed E-state index contributed by atoms with van der Waals surface area (Å²) in [5.41, 5.74) is -0.497. The van der Waals surface area contributed by atoms with E-state index in [0.29, 0.717) is 0 Å². The molecule has 2 aromatic rings. The first kappa shape index (κ1) is 10.7. The highest BCUT2D eigenvalue weighted by Crippen LogP contribution is 2.16. The smallest absolute Gasteiger partial charge is 0.297 e. The second-order valence-corrected chi connectivity index (χ2v) is 3.66. The molecular formula is C9H10F2N4O. The van der Waals surface area contributed by atoms with Gasteiger partial charge in [-0.1, -0.05) is 0 Å². The SMILES string of the molecule is CC(C)n1ccn2c(C(F)F)nnc2c1=O. The van der Waals surface area contributed by atoms with E-state index in [1.54, 1.807) is 0 Å². The lowest BCUT2D eigenvalue weighted by Gasteiger charge is -2.09. The normalized spacial score (nSPS) is 11.9. The van der Waals surface area contributed by atoms with Gasteiger partial charge in [-0.3, -0.25) is 9.20 Å². The Labute approximate surface area is 89.3 Å². The summed E-state index contributed by atoms with van der Waals surface area (Å²) >= 11 is 0. The maximum Gasteiger partial charge on any atom is 0.297 e. The lowest BCUT2D eigenvalue weighted by molar-refractivity contribution is 0.139. The van der Waals surface area contributed by atoms with Crippen molar-refractivity contribution in [2.75, 3.05) is 0 Å². The van der Waals surface area contributed by atoms with Crippen molar-refractivity contribution in [3.63, 3.8) is 0 Å². The summed E-state index contributed by atoms with van der Waals surface area (Å²) in [6.07, 6.45) is 0.0808. The molecule has 16 heavy (non-hydrogen) atoms. The van der Waals surface area contributed by atoms with E-state index in [1.165, 1.54) is 17.0 Å². The van der Waals surface area contributed by atoms with Crippen molar-refractivity contribution in [3.05, 3.63) is 28.6 Å². The fourth-order valence-electron chi connectivity index (χ4n) is 1.47. The van der Waals surface area contributed by atoms with Crippen LogP contribution in [0.15, 0.2) is 17.2 Å². The quantitative estimate of drug-likeness (QED) is 0.780. The van der Waals surface area contributed by atoms with Crippen molar-refractivity contribution in [2.45, 2.75) is 26.3 Å². The van der Waals surface area contributed by atoms with Crippen LogP contribution in [0.5, 0.6) is 0 Å². The molecule has 0 unspecified atom stereocenters. The van der Waals surface area contributed by atoms with Gasteiger partial charge in [0, 0.05) is 18.4 Å². The third kappa shape index (κ3) is 1.48. The lowest BCUT2D eigenvalue weighted by Crippen LogP contribution is -2.23. The highest BCUT2D eigenvalue weighted by Gasteiger charge is 2.18. The van der Waals surface area contributed by atoms with Gasteiger partial charge in [-0.25, -0.2) is 8.78 Å². The third-order valence-electron chi connectivity index (χ3n) is 2.28. The first-order valence-electron chi connectivity index (χ1n) is 4.76. The predicted molar refractivity (Wildman–Crippen MR) is 52.6 cm³/mol. The molecule has 2 rings (SSSR count). The van der Waals surface area contributed by atoms with Crippen LogP contribution in [0.25, 0.3) is 5.65 Å². The van der Waals surface area contributed by atoms with Gasteiger partial charge in [-0.05, 0) is 13.8 Å². The second-order valence-electron chi connectivity index (χ2n) is 3.66. The van der Waals surface area contributed by atoms with Crippen LogP contribution in [0.4, 0.5) is 8.78 Å². The van der Waals surface area contributed by atoms with Crippen LogP contribution in [0.3, 0.4) is 0 Å². The molecule has 0 saturated heterocycles. The number of nitrogens with zero attached hydrogens (tertiary/aromatic N) is 4. The van der Waals surface area contributed by atoms with Gasteiger partial charge in [0.1, 0.15) is 0 Å². The minimum absolute atomic E-state index is 0.0517. The fourth-order valence-corrected chi connectivity index (χ4v) is 1.47. The number of fused-ring (bicyclic) bond motifs is 1. The maximum atomic E-state index is 12.5. The molecule has 0 aliphatic rings. The molecule has 0 N–H and O–H groups in total. The zero-order valence-corrected chi connectivity index (χ0v) is 8.76. The van der Waals surface area contributed by atoms with Crippen LogP contribution in [-0.4, -0.2) is 19.2 Å². The van der Waals surface area contributed by atoms with E-state index in [1.807, 2.05) is 13.8 Å². The van der Waals surface area contributed by atoms with E-state index in [0.717, 1.165) is 4.40 Å². The molecule has 0 aromatic carbocycles. The molecule has 0 aliphatic carbocycles. The number of rotatable bonds is 2. The third-order valence-corrected chi connectivity index (χ3v) is 2.28. The van der Waals surface area contributed by atoms with E-state index in [2.05, 4.69) is 10.2 Å². The molecule has 7 heteroatoms. The minimum Gasteiger partial charge on any atom is -0.308 e. The van der Waals surface area contributed by atoms with Gasteiger partial charge >= 0.3 is 0 Å². The number of hydrogen-bond donors (Lipinski definition) is 0. The molecule has 0 amide bonds. The number of hydrogen-bond acceptors (Lipinski definition) is 3. The van der Waals surface area contributed by atoms with Gasteiger partial charge in [0.15, 0.2) is 0 Å². The first-order chi connectivity index (χ1) is 7.52. The molecular weight excluding hydrogens is 218 g/mol. The van der Waals surface area contributed by atoms with E-state index >= 15 is 0 Å². The fraction of sp³-hybridized carbons (Fsp3) is 0.444. The summed E-state index contributed by atoms with van der Waals surface area (Å²) in [4.78, 5) is 11.8. The van der Waals surface area contributed by atoms with Crippen molar-refractivity contribution < 1.29 is 8.78 Å². The van der Waals surface area contributed by atoms with Crippen LogP contribution < -0.4 is 5.56 Å². The van der Waals surface area contributed by atoms with E-state index in [4.69, 9.17) is 0 Å². The van der Waals surface area contributed by atoms with E-state index in [-0.39, 0.29) is 11.7 Å². The molecule has 86 valence electrons. The Bertz CT molecular complexity index is 572. The maximum absolute atomic E-state index is 12.5. The van der Waals surface area contributed by atoms with Crippen molar-refractivity contribution >= 4 is 5.65 Å². The largest absolute Gasteiger partial charge is 0.308 e. The topological polar surface area (TPSA) is 52.2 Å². The van der Waals surface area contributed by atoms with Crippen LogP contribution in [-0.2, 0) is 0 Å². The summed E-state index contributed by atoms with van der Waals surface area (Å²) in [5, 5.41) is 6.79. The molecule has 0 atom stereocenters. The number of alkyl halides is 2. The molecule has 5 nitrogen and oxygen atoms in total. The average molecular weight is 228 g/mol. The zero-order valence-electron chi connectivity index (χ0n) is 8.76. The summed E-state index contributed by atoms with van der Waals surface area (Å²) in [6.45, 7) is 3.64. The average Bonchev–Trinajstić information content (AvgIpc) is 2.61. The van der Waals surface area contributed by atoms with Crippen LogP contribution in [0, 0.1) is 0 Å². The highest BCUT2D eigenvalue weighted by atomic mass is 19.3. The van der Waals surface area contributed by atoms with Gasteiger partial charge in [0.05, 0.1) is 0 Å². The first-order valence-corrected chi connectivity index (χ1v) is 4.76.